The van der Waals surface area contributed by atoms with Gasteiger partial charge in [-0.1, -0.05) is 29.8 Å². The summed E-state index contributed by atoms with van der Waals surface area (Å²) < 4.78 is 0. The molecule has 2 fully saturated rings. The van der Waals surface area contributed by atoms with Gasteiger partial charge in [-0.2, -0.15) is 0 Å². The van der Waals surface area contributed by atoms with Crippen molar-refractivity contribution < 1.29 is 14.7 Å². The van der Waals surface area contributed by atoms with Crippen LogP contribution in [0, 0.1) is 0 Å². The Morgan fingerprint density at radius 2 is 1.77 bits per heavy atom. The van der Waals surface area contributed by atoms with Crippen LogP contribution in [0.1, 0.15) is 28.8 Å². The van der Waals surface area contributed by atoms with Gasteiger partial charge in [-0.3, -0.25) is 9.59 Å². The van der Waals surface area contributed by atoms with Crippen LogP contribution in [0.5, 0.6) is 0 Å². The number of halogens is 1. The van der Waals surface area contributed by atoms with E-state index in [0.717, 1.165) is 16.7 Å². The van der Waals surface area contributed by atoms with Crippen LogP contribution in [0.25, 0.3) is 11.1 Å². The number of hydrogen-bond acceptors (Lipinski definition) is 5. The van der Waals surface area contributed by atoms with Crippen molar-refractivity contribution in [3.05, 3.63) is 52.5 Å². The van der Waals surface area contributed by atoms with Gasteiger partial charge in [-0.05, 0) is 49.2 Å². The summed E-state index contributed by atoms with van der Waals surface area (Å²) in [5, 5.41) is 13.6. The van der Waals surface area contributed by atoms with Gasteiger partial charge >= 0.3 is 0 Å². The van der Waals surface area contributed by atoms with Gasteiger partial charge in [0.25, 0.3) is 11.8 Å². The monoisotopic (exact) mass is 442 g/mol. The van der Waals surface area contributed by atoms with Gasteiger partial charge in [0.1, 0.15) is 5.60 Å². The number of nitrogens with one attached hydrogen (secondary N) is 1. The molecule has 31 heavy (non-hydrogen) atoms. The second kappa shape index (κ2) is 8.49. The number of benzene rings is 2. The number of hydrogen-bond donors (Lipinski definition) is 3. The summed E-state index contributed by atoms with van der Waals surface area (Å²) in [6.45, 7) is 2.41. The summed E-state index contributed by atoms with van der Waals surface area (Å²) in [7, 11) is 1.87. The van der Waals surface area contributed by atoms with Crippen LogP contribution in [0.4, 0.5) is 5.69 Å². The lowest BCUT2D eigenvalue weighted by Gasteiger charge is -2.35. The van der Waals surface area contributed by atoms with Gasteiger partial charge in [0.05, 0.1) is 0 Å². The average molecular weight is 443 g/mol. The van der Waals surface area contributed by atoms with E-state index in [1.165, 1.54) is 0 Å². The first-order valence-electron chi connectivity index (χ1n) is 10.5. The molecule has 0 spiro atoms. The Bertz CT molecular complexity index is 1010. The maximum Gasteiger partial charge on any atom is 0.254 e. The fourth-order valence-electron chi connectivity index (χ4n) is 3.92. The number of nitrogens with two attached hydrogens (primary N) is 1. The molecular weight excluding hydrogens is 416 g/mol. The highest BCUT2D eigenvalue weighted by molar-refractivity contribution is 6.33. The minimum atomic E-state index is -1.16. The number of aliphatic hydroxyl groups is 1. The third-order valence-corrected chi connectivity index (χ3v) is 6.33. The van der Waals surface area contributed by atoms with Crippen molar-refractivity contribution >= 4 is 29.1 Å². The molecule has 0 radical (unpaired) electrons. The van der Waals surface area contributed by atoms with Gasteiger partial charge in [0.2, 0.25) is 0 Å². The average Bonchev–Trinajstić information content (AvgIpc) is 3.53. The Balaban J connectivity index is 1.44. The third-order valence-electron chi connectivity index (χ3n) is 6.02. The van der Waals surface area contributed by atoms with Crippen LogP contribution in [0.2, 0.25) is 5.02 Å². The number of anilines is 1. The smallest absolute Gasteiger partial charge is 0.254 e. The first kappa shape index (κ1) is 21.6. The zero-order valence-electron chi connectivity index (χ0n) is 17.5. The molecule has 0 unspecified atom stereocenters. The molecule has 0 aromatic heterocycles. The Morgan fingerprint density at radius 3 is 2.35 bits per heavy atom. The van der Waals surface area contributed by atoms with Crippen LogP contribution >= 0.6 is 11.6 Å². The normalized spacial score (nSPS) is 17.5. The van der Waals surface area contributed by atoms with Crippen molar-refractivity contribution in [2.24, 2.45) is 0 Å². The minimum Gasteiger partial charge on any atom is -0.398 e. The van der Waals surface area contributed by atoms with Crippen LogP contribution in [-0.4, -0.2) is 65.5 Å². The molecule has 2 amide bonds. The summed E-state index contributed by atoms with van der Waals surface area (Å²) in [6, 6.07) is 11.1. The molecule has 4 N–H and O–H groups in total. The molecule has 0 atom stereocenters. The number of piperazine rings is 1. The number of nitrogen functional groups attached to an aromatic ring is 1. The Morgan fingerprint density at radius 1 is 1.10 bits per heavy atom. The molecule has 1 saturated heterocycles. The first-order valence-corrected chi connectivity index (χ1v) is 10.8. The number of carbonyl (C=O) groups is 2. The van der Waals surface area contributed by atoms with E-state index in [0.29, 0.717) is 61.8 Å². The lowest BCUT2D eigenvalue weighted by Crippen LogP contribution is -2.53. The highest BCUT2D eigenvalue weighted by Gasteiger charge is 2.50. The molecule has 2 aromatic rings. The Hall–Kier alpha value is -2.61. The van der Waals surface area contributed by atoms with Crippen LogP contribution in [-0.2, 0) is 11.3 Å². The summed E-state index contributed by atoms with van der Waals surface area (Å²) in [4.78, 5) is 28.6. The largest absolute Gasteiger partial charge is 0.398 e. The zero-order valence-corrected chi connectivity index (χ0v) is 18.3. The van der Waals surface area contributed by atoms with Crippen molar-refractivity contribution in [3.8, 4) is 11.1 Å². The van der Waals surface area contributed by atoms with E-state index in [9.17, 15) is 14.7 Å². The van der Waals surface area contributed by atoms with Crippen molar-refractivity contribution in [1.82, 2.24) is 15.1 Å². The number of rotatable bonds is 5. The second-order valence-electron chi connectivity index (χ2n) is 8.25. The summed E-state index contributed by atoms with van der Waals surface area (Å²) in [5.74, 6) is -0.332. The van der Waals surface area contributed by atoms with Crippen LogP contribution < -0.4 is 11.1 Å². The summed E-state index contributed by atoms with van der Waals surface area (Å²) in [5.41, 5.74) is 8.90. The summed E-state index contributed by atoms with van der Waals surface area (Å²) in [6.07, 6.45) is 1.05. The molecule has 1 aliphatic heterocycles. The highest BCUT2D eigenvalue weighted by atomic mass is 35.5. The number of nitrogens with zero attached hydrogens (tertiary/aromatic N) is 2. The second-order valence-corrected chi connectivity index (χ2v) is 8.66. The van der Waals surface area contributed by atoms with E-state index in [1.807, 2.05) is 31.3 Å². The van der Waals surface area contributed by atoms with Crippen molar-refractivity contribution in [3.63, 3.8) is 0 Å². The van der Waals surface area contributed by atoms with Crippen LogP contribution in [0.15, 0.2) is 36.4 Å². The third kappa shape index (κ3) is 4.39. The summed E-state index contributed by atoms with van der Waals surface area (Å²) >= 11 is 6.52. The molecular formula is C23H27ClN4O3. The van der Waals surface area contributed by atoms with Crippen LogP contribution in [0.3, 0.4) is 0 Å². The van der Waals surface area contributed by atoms with E-state index in [-0.39, 0.29) is 11.8 Å². The Labute approximate surface area is 186 Å². The minimum absolute atomic E-state index is 0.116. The standard InChI is InChI=1S/C23H27ClN4O3/c1-26-14-17-3-2-15(13-20(17)25)18-5-4-16(12-19(18)24)21(29)27-8-10-28(11-9-27)22(30)23(31)6-7-23/h2-5,12-13,26,31H,6-11,14,25H2,1H3. The molecule has 7 nitrogen and oxygen atoms in total. The maximum absolute atomic E-state index is 12.9. The maximum atomic E-state index is 12.9. The van der Waals surface area contributed by atoms with E-state index >= 15 is 0 Å². The molecule has 2 aliphatic rings. The van der Waals surface area contributed by atoms with Crippen molar-refractivity contribution in [2.45, 2.75) is 25.0 Å². The fraction of sp³-hybridized carbons (Fsp3) is 0.391. The predicted molar refractivity (Wildman–Crippen MR) is 121 cm³/mol. The first-order chi connectivity index (χ1) is 14.8. The Kier molecular flexibility index (Phi) is 5.92. The molecule has 0 bridgehead atoms. The molecule has 1 heterocycles. The number of amides is 2. The fourth-order valence-corrected chi connectivity index (χ4v) is 4.21. The highest BCUT2D eigenvalue weighted by Crippen LogP contribution is 2.37. The van der Waals surface area contributed by atoms with E-state index in [1.54, 1.807) is 21.9 Å². The van der Waals surface area contributed by atoms with Gasteiger partial charge < -0.3 is 26.0 Å². The molecule has 2 aromatic carbocycles. The predicted octanol–water partition coefficient (Wildman–Crippen LogP) is 2.12. The van der Waals surface area contributed by atoms with E-state index in [4.69, 9.17) is 17.3 Å². The zero-order chi connectivity index (χ0) is 22.2. The molecule has 1 aliphatic carbocycles. The lowest BCUT2D eigenvalue weighted by molar-refractivity contribution is -0.143. The quantitative estimate of drug-likeness (QED) is 0.616. The topological polar surface area (TPSA) is 98.9 Å². The SMILES string of the molecule is CNCc1ccc(-c2ccc(C(=O)N3CCN(C(=O)C4(O)CC4)CC3)cc2Cl)cc1N. The molecule has 164 valence electrons. The van der Waals surface area contributed by atoms with Gasteiger partial charge in [0, 0.05) is 54.6 Å². The van der Waals surface area contributed by atoms with Crippen molar-refractivity contribution in [2.75, 3.05) is 39.0 Å². The molecule has 4 rings (SSSR count). The van der Waals surface area contributed by atoms with Crippen molar-refractivity contribution in [1.29, 1.82) is 0 Å². The van der Waals surface area contributed by atoms with E-state index in [2.05, 4.69) is 5.32 Å². The lowest BCUT2D eigenvalue weighted by atomic mass is 10.0. The molecule has 8 heteroatoms. The molecule has 1 saturated carbocycles. The van der Waals surface area contributed by atoms with Gasteiger partial charge in [-0.15, -0.1) is 0 Å². The van der Waals surface area contributed by atoms with Gasteiger partial charge in [-0.25, -0.2) is 0 Å². The number of carbonyl (C=O) groups excluding carboxylic acids is 2. The van der Waals surface area contributed by atoms with E-state index < -0.39 is 5.60 Å². The van der Waals surface area contributed by atoms with Gasteiger partial charge in [0.15, 0.2) is 0 Å².